The van der Waals surface area contributed by atoms with Crippen molar-refractivity contribution in [1.29, 1.82) is 0 Å². The van der Waals surface area contributed by atoms with Crippen LogP contribution in [0.5, 0.6) is 11.5 Å². The van der Waals surface area contributed by atoms with Crippen LogP contribution in [0.25, 0.3) is 0 Å². The summed E-state index contributed by atoms with van der Waals surface area (Å²) < 4.78 is 15.8. The lowest BCUT2D eigenvalue weighted by molar-refractivity contribution is -0.151. The fraction of sp³-hybridized carbons (Fsp3) is 0.562. The number of carbonyl (C=O) groups excluding carboxylic acids is 1. The van der Waals surface area contributed by atoms with E-state index in [1.807, 2.05) is 6.92 Å². The average Bonchev–Trinajstić information content (AvgIpc) is 2.98. The van der Waals surface area contributed by atoms with Gasteiger partial charge in [-0.05, 0) is 57.1 Å². The first-order valence-electron chi connectivity index (χ1n) is 7.36. The monoisotopic (exact) mass is 293 g/mol. The van der Waals surface area contributed by atoms with Gasteiger partial charge in [0.1, 0.15) is 17.6 Å². The van der Waals surface area contributed by atoms with Crippen LogP contribution in [-0.4, -0.2) is 50.3 Å². The molecule has 0 radical (unpaired) electrons. The molecule has 1 saturated heterocycles. The van der Waals surface area contributed by atoms with Gasteiger partial charge in [-0.2, -0.15) is 0 Å². The van der Waals surface area contributed by atoms with Crippen LogP contribution in [0, 0.1) is 0 Å². The fourth-order valence-electron chi connectivity index (χ4n) is 2.44. The van der Waals surface area contributed by atoms with Gasteiger partial charge in [0.2, 0.25) is 0 Å². The minimum atomic E-state index is -0.336. The Hall–Kier alpha value is -1.75. The highest BCUT2D eigenvalue weighted by molar-refractivity contribution is 5.71. The van der Waals surface area contributed by atoms with Gasteiger partial charge in [-0.25, -0.2) is 4.79 Å². The number of methoxy groups -OCH3 is 1. The summed E-state index contributed by atoms with van der Waals surface area (Å²) in [5.74, 6) is 1.04. The molecule has 0 N–H and O–H groups in total. The molecule has 1 fully saturated rings. The van der Waals surface area contributed by atoms with E-state index in [-0.39, 0.29) is 18.7 Å². The van der Waals surface area contributed by atoms with Gasteiger partial charge in [0, 0.05) is 6.54 Å². The predicted octanol–water partition coefficient (Wildman–Crippen LogP) is 2.10. The van der Waals surface area contributed by atoms with Crippen molar-refractivity contribution in [2.75, 3.05) is 33.4 Å². The van der Waals surface area contributed by atoms with E-state index < -0.39 is 0 Å². The molecular formula is C16H23NO4. The van der Waals surface area contributed by atoms with Gasteiger partial charge >= 0.3 is 5.97 Å². The number of ether oxygens (including phenoxy) is 3. The first kappa shape index (κ1) is 15.6. The molecule has 116 valence electrons. The Morgan fingerprint density at radius 2 is 1.81 bits per heavy atom. The third kappa shape index (κ3) is 5.27. The number of carbonyl (C=O) groups is 1. The predicted molar refractivity (Wildman–Crippen MR) is 79.7 cm³/mol. The number of esters is 1. The molecule has 21 heavy (non-hydrogen) atoms. The van der Waals surface area contributed by atoms with Gasteiger partial charge in [0.25, 0.3) is 0 Å². The van der Waals surface area contributed by atoms with Crippen LogP contribution >= 0.6 is 0 Å². The molecule has 1 atom stereocenters. The van der Waals surface area contributed by atoms with E-state index in [1.54, 1.807) is 31.4 Å². The molecule has 5 nitrogen and oxygen atoms in total. The first-order chi connectivity index (χ1) is 10.2. The van der Waals surface area contributed by atoms with Crippen LogP contribution in [0.1, 0.15) is 19.8 Å². The van der Waals surface area contributed by atoms with Crippen molar-refractivity contribution in [1.82, 2.24) is 4.90 Å². The summed E-state index contributed by atoms with van der Waals surface area (Å²) in [5, 5.41) is 0. The van der Waals surface area contributed by atoms with Gasteiger partial charge in [-0.15, -0.1) is 0 Å². The van der Waals surface area contributed by atoms with Gasteiger partial charge < -0.3 is 14.2 Å². The number of hydrogen-bond acceptors (Lipinski definition) is 5. The lowest BCUT2D eigenvalue weighted by atomic mass is 10.3. The lowest BCUT2D eigenvalue weighted by Gasteiger charge is -2.20. The van der Waals surface area contributed by atoms with E-state index in [0.29, 0.717) is 5.75 Å². The summed E-state index contributed by atoms with van der Waals surface area (Å²) >= 11 is 0. The Bertz CT molecular complexity index is 440. The largest absolute Gasteiger partial charge is 0.497 e. The summed E-state index contributed by atoms with van der Waals surface area (Å²) in [7, 11) is 1.61. The molecule has 0 saturated carbocycles. The van der Waals surface area contributed by atoms with Crippen molar-refractivity contribution in [3.8, 4) is 11.5 Å². The maximum absolute atomic E-state index is 11.7. The molecule has 0 bridgehead atoms. The van der Waals surface area contributed by atoms with Crippen molar-refractivity contribution in [2.45, 2.75) is 25.9 Å². The highest BCUT2D eigenvalue weighted by atomic mass is 16.6. The van der Waals surface area contributed by atoms with Gasteiger partial charge in [0.05, 0.1) is 7.11 Å². The second-order valence-corrected chi connectivity index (χ2v) is 5.27. The number of likely N-dealkylation sites (tertiary alicyclic amines) is 1. The van der Waals surface area contributed by atoms with Crippen molar-refractivity contribution in [3.63, 3.8) is 0 Å². The molecule has 0 aromatic heterocycles. The zero-order valence-electron chi connectivity index (χ0n) is 12.7. The standard InChI is InChI=1S/C16H23NO4/c1-13(11-17-9-3-4-10-17)21-16(18)12-20-15-7-5-14(19-2)6-8-15/h5-8,13H,3-4,9-12H2,1-2H3/t13-/m1/s1. The second-order valence-electron chi connectivity index (χ2n) is 5.27. The lowest BCUT2D eigenvalue weighted by Crippen LogP contribution is -2.32. The minimum absolute atomic E-state index is 0.0727. The van der Waals surface area contributed by atoms with E-state index in [9.17, 15) is 4.79 Å². The molecule has 0 aliphatic carbocycles. The van der Waals surface area contributed by atoms with Gasteiger partial charge in [0.15, 0.2) is 6.61 Å². The average molecular weight is 293 g/mol. The maximum atomic E-state index is 11.7. The Morgan fingerprint density at radius 3 is 2.43 bits per heavy atom. The first-order valence-corrected chi connectivity index (χ1v) is 7.36. The summed E-state index contributed by atoms with van der Waals surface area (Å²) in [6.07, 6.45) is 2.37. The Morgan fingerprint density at radius 1 is 1.19 bits per heavy atom. The minimum Gasteiger partial charge on any atom is -0.497 e. The Balaban J connectivity index is 1.68. The number of rotatable bonds is 7. The second kappa shape index (κ2) is 7.88. The molecule has 0 spiro atoms. The summed E-state index contributed by atoms with van der Waals surface area (Å²) in [5.41, 5.74) is 0. The maximum Gasteiger partial charge on any atom is 0.344 e. The number of hydrogen-bond donors (Lipinski definition) is 0. The molecule has 1 aliphatic rings. The van der Waals surface area contributed by atoms with Gasteiger partial charge in [-0.1, -0.05) is 0 Å². The van der Waals surface area contributed by atoms with Crippen molar-refractivity contribution >= 4 is 5.97 Å². The van der Waals surface area contributed by atoms with Crippen molar-refractivity contribution < 1.29 is 19.0 Å². The van der Waals surface area contributed by atoms with Crippen molar-refractivity contribution in [3.05, 3.63) is 24.3 Å². The highest BCUT2D eigenvalue weighted by Gasteiger charge is 2.17. The third-order valence-electron chi connectivity index (χ3n) is 3.46. The van der Waals surface area contributed by atoms with Crippen molar-refractivity contribution in [2.24, 2.45) is 0 Å². The van der Waals surface area contributed by atoms with E-state index >= 15 is 0 Å². The van der Waals surface area contributed by atoms with E-state index in [0.717, 1.165) is 25.4 Å². The molecular weight excluding hydrogens is 270 g/mol. The number of benzene rings is 1. The zero-order chi connectivity index (χ0) is 15.1. The number of nitrogens with zero attached hydrogens (tertiary/aromatic N) is 1. The molecule has 1 aromatic carbocycles. The van der Waals surface area contributed by atoms with Crippen LogP contribution in [0.4, 0.5) is 0 Å². The highest BCUT2D eigenvalue weighted by Crippen LogP contribution is 2.17. The van der Waals surface area contributed by atoms with E-state index in [4.69, 9.17) is 14.2 Å². The molecule has 1 heterocycles. The van der Waals surface area contributed by atoms with Gasteiger partial charge in [-0.3, -0.25) is 4.90 Å². The third-order valence-corrected chi connectivity index (χ3v) is 3.46. The van der Waals surface area contributed by atoms with E-state index in [1.165, 1.54) is 12.8 Å². The molecule has 1 aromatic rings. The summed E-state index contributed by atoms with van der Waals surface area (Å²) in [6.45, 7) is 4.85. The van der Waals surface area contributed by atoms with Crippen LogP contribution < -0.4 is 9.47 Å². The Labute approximate surface area is 125 Å². The summed E-state index contributed by atoms with van der Waals surface area (Å²) in [6, 6.07) is 7.10. The van der Waals surface area contributed by atoms with Crippen LogP contribution in [0.15, 0.2) is 24.3 Å². The SMILES string of the molecule is COc1ccc(OCC(=O)O[C@H](C)CN2CCCC2)cc1. The smallest absolute Gasteiger partial charge is 0.344 e. The zero-order valence-corrected chi connectivity index (χ0v) is 12.7. The molecule has 2 rings (SSSR count). The summed E-state index contributed by atoms with van der Waals surface area (Å²) in [4.78, 5) is 14.1. The van der Waals surface area contributed by atoms with Crippen LogP contribution in [-0.2, 0) is 9.53 Å². The normalized spacial score (nSPS) is 16.5. The van der Waals surface area contributed by atoms with Crippen LogP contribution in [0.3, 0.4) is 0 Å². The molecule has 5 heteroatoms. The molecule has 0 unspecified atom stereocenters. The van der Waals surface area contributed by atoms with Crippen LogP contribution in [0.2, 0.25) is 0 Å². The molecule has 1 aliphatic heterocycles. The fourth-order valence-corrected chi connectivity index (χ4v) is 2.44. The topological polar surface area (TPSA) is 48.0 Å². The van der Waals surface area contributed by atoms with E-state index in [2.05, 4.69) is 4.90 Å². The Kier molecular flexibility index (Phi) is 5.87. The quantitative estimate of drug-likeness (QED) is 0.721. The molecule has 0 amide bonds.